The number of aliphatic imine (C=N–C) groups is 1. The Labute approximate surface area is 223 Å². The van der Waals surface area contributed by atoms with Gasteiger partial charge in [0, 0.05) is 6.42 Å². The monoisotopic (exact) mass is 542 g/mol. The summed E-state index contributed by atoms with van der Waals surface area (Å²) in [4.78, 5) is 44.4. The van der Waals surface area contributed by atoms with E-state index in [1.165, 1.54) is 11.0 Å². The Morgan fingerprint density at radius 1 is 1.13 bits per heavy atom. The predicted molar refractivity (Wildman–Crippen MR) is 136 cm³/mol. The van der Waals surface area contributed by atoms with Crippen LogP contribution in [0.25, 0.3) is 11.1 Å². The lowest BCUT2D eigenvalue weighted by Gasteiger charge is -2.34. The summed E-state index contributed by atoms with van der Waals surface area (Å²) in [7, 11) is 0. The second-order valence-electron chi connectivity index (χ2n) is 10.5. The minimum atomic E-state index is -5.18. The van der Waals surface area contributed by atoms with Crippen molar-refractivity contribution in [1.82, 2.24) is 4.90 Å². The molecule has 1 heterocycles. The summed E-state index contributed by atoms with van der Waals surface area (Å²) in [5, 5.41) is 9.92. The van der Waals surface area contributed by atoms with Crippen molar-refractivity contribution >= 4 is 23.7 Å². The lowest BCUT2D eigenvalue weighted by molar-refractivity contribution is -0.211. The molecule has 0 radical (unpaired) electrons. The van der Waals surface area contributed by atoms with Crippen LogP contribution in [0.1, 0.15) is 67.8 Å². The standard InChI is InChI=1S/C29H29F3N2O5/c1-2-3-9-23-33-28(20-11-12-20,27(14-15-27)39-26(38)29(30,31)32)25(37)34(23)17-18-10-13-21(22(16-18)24(35)36)19-7-5-4-6-8-19/h4-8,10,13,16,20H,2-3,9,11-12,14-15,17H2,1H3,(H,35,36). The van der Waals surface area contributed by atoms with Crippen molar-refractivity contribution in [3.8, 4) is 11.1 Å². The molecule has 0 spiro atoms. The molecule has 0 aromatic heterocycles. The molecule has 2 saturated carbocycles. The molecular weight excluding hydrogens is 513 g/mol. The van der Waals surface area contributed by atoms with Crippen LogP contribution in [0.15, 0.2) is 53.5 Å². The first-order valence-corrected chi connectivity index (χ1v) is 13.1. The summed E-state index contributed by atoms with van der Waals surface area (Å²) in [5.74, 6) is -3.78. The van der Waals surface area contributed by atoms with E-state index in [9.17, 15) is 32.7 Å². The number of amides is 1. The zero-order valence-corrected chi connectivity index (χ0v) is 21.5. The van der Waals surface area contributed by atoms with Crippen LogP contribution in [0.5, 0.6) is 0 Å². The Kier molecular flexibility index (Phi) is 6.76. The number of halogens is 3. The minimum Gasteiger partial charge on any atom is -0.478 e. The Hall–Kier alpha value is -3.69. The first kappa shape index (κ1) is 26.9. The van der Waals surface area contributed by atoms with Crippen LogP contribution in [-0.2, 0) is 20.9 Å². The van der Waals surface area contributed by atoms with Crippen LogP contribution >= 0.6 is 0 Å². The molecule has 10 heteroatoms. The molecule has 1 unspecified atom stereocenters. The lowest BCUT2D eigenvalue weighted by Crippen LogP contribution is -2.56. The van der Waals surface area contributed by atoms with E-state index in [4.69, 9.17) is 9.73 Å². The maximum atomic E-state index is 14.1. The van der Waals surface area contributed by atoms with E-state index >= 15 is 0 Å². The number of carboxylic acid groups (broad SMARTS) is 1. The van der Waals surface area contributed by atoms with Gasteiger partial charge in [-0.2, -0.15) is 13.2 Å². The van der Waals surface area contributed by atoms with Gasteiger partial charge in [0.05, 0.1) is 12.1 Å². The first-order chi connectivity index (χ1) is 18.5. The van der Waals surface area contributed by atoms with E-state index in [2.05, 4.69) is 0 Å². The van der Waals surface area contributed by atoms with E-state index in [0.717, 1.165) is 12.0 Å². The number of amidine groups is 1. The second kappa shape index (κ2) is 9.81. The van der Waals surface area contributed by atoms with E-state index in [-0.39, 0.29) is 30.9 Å². The number of carboxylic acids is 1. The number of aromatic carboxylic acids is 1. The molecule has 206 valence electrons. The molecule has 0 bridgehead atoms. The number of rotatable bonds is 10. The van der Waals surface area contributed by atoms with Crippen LogP contribution in [0.2, 0.25) is 0 Å². The molecule has 2 aromatic carbocycles. The van der Waals surface area contributed by atoms with Gasteiger partial charge < -0.3 is 9.84 Å². The highest BCUT2D eigenvalue weighted by Crippen LogP contribution is 2.62. The molecule has 2 aliphatic carbocycles. The van der Waals surface area contributed by atoms with Crippen LogP contribution < -0.4 is 0 Å². The number of nitrogens with zero attached hydrogens (tertiary/aromatic N) is 2. The van der Waals surface area contributed by atoms with Crippen LogP contribution in [0.3, 0.4) is 0 Å². The number of carbonyl (C=O) groups excluding carboxylic acids is 2. The molecule has 39 heavy (non-hydrogen) atoms. The van der Waals surface area contributed by atoms with Gasteiger partial charge >= 0.3 is 18.1 Å². The smallest absolute Gasteiger partial charge is 0.478 e. The van der Waals surface area contributed by atoms with Gasteiger partial charge in [0.1, 0.15) is 11.4 Å². The maximum absolute atomic E-state index is 14.1. The van der Waals surface area contributed by atoms with Gasteiger partial charge in [-0.1, -0.05) is 55.8 Å². The van der Waals surface area contributed by atoms with Crippen molar-refractivity contribution in [2.45, 2.75) is 75.7 Å². The van der Waals surface area contributed by atoms with E-state index in [1.807, 2.05) is 37.3 Å². The topological polar surface area (TPSA) is 96.3 Å². The Morgan fingerprint density at radius 3 is 2.38 bits per heavy atom. The van der Waals surface area contributed by atoms with Gasteiger partial charge in [-0.25, -0.2) is 9.59 Å². The van der Waals surface area contributed by atoms with Gasteiger partial charge in [0.15, 0.2) is 5.54 Å². The van der Waals surface area contributed by atoms with Crippen LogP contribution in [0.4, 0.5) is 13.2 Å². The lowest BCUT2D eigenvalue weighted by atomic mass is 9.84. The van der Waals surface area contributed by atoms with Crippen molar-refractivity contribution in [1.29, 1.82) is 0 Å². The highest BCUT2D eigenvalue weighted by atomic mass is 19.4. The Balaban J connectivity index is 1.50. The number of unbranched alkanes of at least 4 members (excludes halogenated alkanes) is 1. The zero-order valence-electron chi connectivity index (χ0n) is 21.5. The number of benzene rings is 2. The van der Waals surface area contributed by atoms with Crippen molar-refractivity contribution < 1.29 is 37.4 Å². The Bertz CT molecular complexity index is 1330. The summed E-state index contributed by atoms with van der Waals surface area (Å²) in [6, 6.07) is 14.0. The number of ether oxygens (including phenoxy) is 1. The molecule has 2 aromatic rings. The van der Waals surface area contributed by atoms with Crippen molar-refractivity contribution in [2.75, 3.05) is 0 Å². The number of esters is 1. The summed E-state index contributed by atoms with van der Waals surface area (Å²) in [6.07, 6.45) is -1.78. The third-order valence-electron chi connectivity index (χ3n) is 7.77. The fraction of sp³-hybridized carbons (Fsp3) is 0.448. The van der Waals surface area contributed by atoms with E-state index in [1.54, 1.807) is 12.1 Å². The van der Waals surface area contributed by atoms with Gasteiger partial charge in [-0.3, -0.25) is 14.7 Å². The van der Waals surface area contributed by atoms with E-state index < -0.39 is 35.2 Å². The van der Waals surface area contributed by atoms with Crippen LogP contribution in [-0.4, -0.2) is 51.0 Å². The van der Waals surface area contributed by atoms with Crippen molar-refractivity contribution in [3.05, 3.63) is 59.7 Å². The number of hydrogen-bond acceptors (Lipinski definition) is 5. The number of alkyl halides is 3. The Morgan fingerprint density at radius 2 is 1.82 bits per heavy atom. The normalized spacial score (nSPS) is 22.0. The largest absolute Gasteiger partial charge is 0.490 e. The summed E-state index contributed by atoms with van der Waals surface area (Å²) in [5.41, 5.74) is -1.32. The molecule has 1 aliphatic heterocycles. The SMILES string of the molecule is CCCCC1=NC(C2CC2)(C2(OC(=O)C(F)(F)F)CC2)C(=O)N1Cc1ccc(-c2ccccc2)c(C(=O)O)c1. The summed E-state index contributed by atoms with van der Waals surface area (Å²) < 4.78 is 44.5. The molecule has 0 saturated heterocycles. The average molecular weight is 543 g/mol. The molecule has 3 aliphatic rings. The highest BCUT2D eigenvalue weighted by molar-refractivity contribution is 6.10. The molecule has 7 nitrogen and oxygen atoms in total. The summed E-state index contributed by atoms with van der Waals surface area (Å²) in [6.45, 7) is 1.99. The van der Waals surface area contributed by atoms with Gasteiger partial charge in [-0.05, 0) is 60.8 Å². The van der Waals surface area contributed by atoms with Gasteiger partial charge in [-0.15, -0.1) is 0 Å². The quantitative estimate of drug-likeness (QED) is 0.385. The van der Waals surface area contributed by atoms with Crippen molar-refractivity contribution in [3.63, 3.8) is 0 Å². The first-order valence-electron chi connectivity index (χ1n) is 13.1. The average Bonchev–Trinajstić information content (AvgIpc) is 3.84. The second-order valence-corrected chi connectivity index (χ2v) is 10.5. The fourth-order valence-electron chi connectivity index (χ4n) is 5.59. The highest BCUT2D eigenvalue weighted by Gasteiger charge is 2.75. The molecular formula is C29H29F3N2O5. The molecule has 1 amide bonds. The number of hydrogen-bond donors (Lipinski definition) is 1. The van der Waals surface area contributed by atoms with Crippen molar-refractivity contribution in [2.24, 2.45) is 10.9 Å². The molecule has 2 fully saturated rings. The minimum absolute atomic E-state index is 0.00843. The van der Waals surface area contributed by atoms with Gasteiger partial charge in [0.2, 0.25) is 0 Å². The third kappa shape index (κ3) is 4.81. The fourth-order valence-corrected chi connectivity index (χ4v) is 5.59. The van der Waals surface area contributed by atoms with Gasteiger partial charge in [0.25, 0.3) is 5.91 Å². The third-order valence-corrected chi connectivity index (χ3v) is 7.77. The molecule has 1 N–H and O–H groups in total. The van der Waals surface area contributed by atoms with E-state index in [0.29, 0.717) is 42.6 Å². The molecule has 1 atom stereocenters. The number of carbonyl (C=O) groups is 3. The molecule has 5 rings (SSSR count). The zero-order chi connectivity index (χ0) is 28.0. The predicted octanol–water partition coefficient (Wildman–Crippen LogP) is 5.77. The van der Waals surface area contributed by atoms with Crippen LogP contribution in [0, 0.1) is 5.92 Å². The maximum Gasteiger partial charge on any atom is 0.490 e. The summed E-state index contributed by atoms with van der Waals surface area (Å²) >= 11 is 0.